The summed E-state index contributed by atoms with van der Waals surface area (Å²) < 4.78 is 3.73. The van der Waals surface area contributed by atoms with Crippen LogP contribution in [0.1, 0.15) is 53.4 Å². The van der Waals surface area contributed by atoms with Gasteiger partial charge in [0.15, 0.2) is 0 Å². The molecule has 0 saturated heterocycles. The van der Waals surface area contributed by atoms with Crippen molar-refractivity contribution in [3.05, 3.63) is 40.0 Å². The molecule has 19 heavy (non-hydrogen) atoms. The van der Waals surface area contributed by atoms with Gasteiger partial charge in [-0.2, -0.15) is 0 Å². The molecule has 3 rings (SSSR count). The first-order chi connectivity index (χ1) is 8.08. The molecule has 0 spiro atoms. The van der Waals surface area contributed by atoms with Crippen LogP contribution < -0.4 is 24.8 Å². The van der Waals surface area contributed by atoms with Gasteiger partial charge in [-0.05, 0) is 0 Å². The second kappa shape index (κ2) is 6.46. The fourth-order valence-corrected chi connectivity index (χ4v) is 7.82. The summed E-state index contributed by atoms with van der Waals surface area (Å²) >= 11 is -0.451. The number of fused-ring (bicyclic) bond motifs is 2. The first-order valence-electron chi connectivity index (χ1n) is 6.62. The van der Waals surface area contributed by atoms with Crippen molar-refractivity contribution < 1.29 is 48.0 Å². The zero-order valence-electron chi connectivity index (χ0n) is 12.1. The molecule has 4 bridgehead atoms. The molecule has 1 aliphatic heterocycles. The third-order valence-electron chi connectivity index (χ3n) is 4.65. The van der Waals surface area contributed by atoms with Crippen LogP contribution in [0.25, 0.3) is 0 Å². The van der Waals surface area contributed by atoms with Crippen LogP contribution in [0.3, 0.4) is 0 Å². The molecule has 0 amide bonds. The topological polar surface area (TPSA) is 0 Å². The Bertz CT molecular complexity index is 485. The van der Waals surface area contributed by atoms with Crippen molar-refractivity contribution in [1.82, 2.24) is 0 Å². The van der Waals surface area contributed by atoms with Gasteiger partial charge in [0, 0.05) is 0 Å². The number of halogens is 2. The SMILES string of the molecule is CC1=C2CCC3=C(C)C[C](=C3C)[Zr+2][C](=C2C)C1.[Cl-].[Cl-]. The van der Waals surface area contributed by atoms with Gasteiger partial charge in [0.25, 0.3) is 0 Å². The number of allylic oxidation sites excluding steroid dienone is 8. The average molecular weight is 374 g/mol. The maximum atomic E-state index is 2.39. The van der Waals surface area contributed by atoms with E-state index in [0.717, 1.165) is 0 Å². The first kappa shape index (κ1) is 17.5. The van der Waals surface area contributed by atoms with Gasteiger partial charge < -0.3 is 24.8 Å². The predicted molar refractivity (Wildman–Crippen MR) is 69.3 cm³/mol. The van der Waals surface area contributed by atoms with E-state index in [0.29, 0.717) is 0 Å². The maximum absolute atomic E-state index is 2.39. The van der Waals surface area contributed by atoms with Gasteiger partial charge >= 0.3 is 117 Å². The van der Waals surface area contributed by atoms with E-state index in [1.807, 2.05) is 6.56 Å². The standard InChI is InChI=1S/C16H20.2ClH.Zr/c1-11-5-6-12(2)15(11)9-10-16-13(3)7-8-14(16)4;;;/h5,7,9-10H2,1-4H3;2*1H;/q;;;+2/p-2. The summed E-state index contributed by atoms with van der Waals surface area (Å²) in [6, 6.07) is 0. The molecule has 0 fully saturated rings. The quantitative estimate of drug-likeness (QED) is 0.503. The molecule has 3 aliphatic rings. The summed E-state index contributed by atoms with van der Waals surface area (Å²) in [5.41, 5.74) is 10.2. The zero-order chi connectivity index (χ0) is 12.2. The second-order valence-corrected chi connectivity index (χ2v) is 9.29. The van der Waals surface area contributed by atoms with E-state index >= 15 is 0 Å². The Hall–Kier alpha value is 0.423. The van der Waals surface area contributed by atoms with Crippen LogP contribution in [0.15, 0.2) is 40.0 Å². The van der Waals surface area contributed by atoms with Crippen molar-refractivity contribution >= 4 is 0 Å². The van der Waals surface area contributed by atoms with Crippen molar-refractivity contribution in [3.8, 4) is 0 Å². The molecule has 102 valence electrons. The molecule has 0 aromatic heterocycles. The predicted octanol–water partition coefficient (Wildman–Crippen LogP) is -1.14. The number of rotatable bonds is 0. The smallest absolute Gasteiger partial charge is 1.00 e. The molecule has 1 heterocycles. The number of hydrogen-bond acceptors (Lipinski definition) is 0. The summed E-state index contributed by atoms with van der Waals surface area (Å²) in [7, 11) is 0. The van der Waals surface area contributed by atoms with Crippen LogP contribution in [0, 0.1) is 0 Å². The molecule has 3 heteroatoms. The summed E-state index contributed by atoms with van der Waals surface area (Å²) in [4.78, 5) is 0. The van der Waals surface area contributed by atoms with Crippen molar-refractivity contribution in [2.45, 2.75) is 53.4 Å². The van der Waals surface area contributed by atoms with Crippen LogP contribution in [0.2, 0.25) is 0 Å². The van der Waals surface area contributed by atoms with Crippen molar-refractivity contribution in [2.24, 2.45) is 0 Å². The minimum atomic E-state index is -0.451. The molecule has 0 unspecified atom stereocenters. The summed E-state index contributed by atoms with van der Waals surface area (Å²) in [6.45, 7) is 9.49. The van der Waals surface area contributed by atoms with E-state index < -0.39 is 23.2 Å². The summed E-state index contributed by atoms with van der Waals surface area (Å²) in [6.07, 6.45) is 5.22. The Morgan fingerprint density at radius 2 is 1.05 bits per heavy atom. The van der Waals surface area contributed by atoms with Gasteiger partial charge in [0.1, 0.15) is 0 Å². The molecule has 0 aromatic carbocycles. The van der Waals surface area contributed by atoms with Crippen LogP contribution in [0.5, 0.6) is 0 Å². The first-order valence-corrected chi connectivity index (χ1v) is 9.08. The van der Waals surface area contributed by atoms with Crippen LogP contribution >= 0.6 is 0 Å². The van der Waals surface area contributed by atoms with Crippen molar-refractivity contribution in [1.29, 1.82) is 0 Å². The third kappa shape index (κ3) is 2.90. The van der Waals surface area contributed by atoms with Gasteiger partial charge in [0.05, 0.1) is 0 Å². The van der Waals surface area contributed by atoms with Crippen LogP contribution in [0.4, 0.5) is 0 Å². The largest absolute Gasteiger partial charge is 1.00 e. The van der Waals surface area contributed by atoms with E-state index in [9.17, 15) is 0 Å². The Balaban J connectivity index is 0.000000902. The van der Waals surface area contributed by atoms with E-state index in [-0.39, 0.29) is 24.8 Å². The van der Waals surface area contributed by atoms with Gasteiger partial charge in [-0.1, -0.05) is 0 Å². The number of hydrogen-bond donors (Lipinski definition) is 0. The molecule has 0 atom stereocenters. The normalized spacial score (nSPS) is 21.3. The van der Waals surface area contributed by atoms with Gasteiger partial charge in [-0.25, -0.2) is 0 Å². The van der Waals surface area contributed by atoms with E-state index in [4.69, 9.17) is 0 Å². The third-order valence-corrected chi connectivity index (χ3v) is 8.85. The minimum absolute atomic E-state index is 0. The summed E-state index contributed by atoms with van der Waals surface area (Å²) in [5.74, 6) is 0. The fourth-order valence-electron chi connectivity index (χ4n) is 3.52. The molecule has 0 saturated carbocycles. The Morgan fingerprint density at radius 1 is 0.684 bits per heavy atom. The fraction of sp³-hybridized carbons (Fsp3) is 0.500. The zero-order valence-corrected chi connectivity index (χ0v) is 16.1. The molecule has 0 aromatic rings. The van der Waals surface area contributed by atoms with Gasteiger partial charge in [0.2, 0.25) is 0 Å². The minimum Gasteiger partial charge on any atom is -1.00 e. The van der Waals surface area contributed by atoms with Gasteiger partial charge in [-0.15, -0.1) is 0 Å². The van der Waals surface area contributed by atoms with Gasteiger partial charge in [-0.3, -0.25) is 0 Å². The Morgan fingerprint density at radius 3 is 1.42 bits per heavy atom. The monoisotopic (exact) mass is 372 g/mol. The second-order valence-electron chi connectivity index (χ2n) is 5.70. The molecule has 0 nitrogen and oxygen atoms in total. The average Bonchev–Trinajstić information content (AvgIpc) is 2.69. The van der Waals surface area contributed by atoms with Crippen molar-refractivity contribution in [2.75, 3.05) is 0 Å². The summed E-state index contributed by atoms with van der Waals surface area (Å²) in [5, 5.41) is 0. The van der Waals surface area contributed by atoms with E-state index in [2.05, 4.69) is 27.7 Å². The maximum Gasteiger partial charge on any atom is -1.00 e. The molecule has 2 aliphatic carbocycles. The Kier molecular flexibility index (Phi) is 5.94. The van der Waals surface area contributed by atoms with Crippen molar-refractivity contribution in [3.63, 3.8) is 0 Å². The Labute approximate surface area is 140 Å². The molecule has 0 N–H and O–H groups in total. The molecule has 0 radical (unpaired) electrons. The van der Waals surface area contributed by atoms with E-state index in [1.54, 1.807) is 33.4 Å². The van der Waals surface area contributed by atoms with Crippen LogP contribution in [-0.2, 0) is 23.2 Å². The molecular formula is C16H20Cl2Zr. The van der Waals surface area contributed by atoms with E-state index in [1.165, 1.54) is 25.7 Å². The molecular weight excluding hydrogens is 354 g/mol. The van der Waals surface area contributed by atoms with Crippen LogP contribution in [-0.4, -0.2) is 0 Å².